The molecule has 0 aliphatic carbocycles. The van der Waals surface area contributed by atoms with Gasteiger partial charge < -0.3 is 29.1 Å². The van der Waals surface area contributed by atoms with Crippen LogP contribution in [0.3, 0.4) is 0 Å². The number of hydrogen-bond donors (Lipinski definition) is 2. The lowest BCUT2D eigenvalue weighted by atomic mass is 10.2. The largest absolute Gasteiger partial charge is 0.467 e. The lowest BCUT2D eigenvalue weighted by molar-refractivity contribution is 0.104. The van der Waals surface area contributed by atoms with Gasteiger partial charge in [0.15, 0.2) is 11.8 Å². The maximum atomic E-state index is 5.68. The smallest absolute Gasteiger partial charge is 0.191 e. The Morgan fingerprint density at radius 2 is 2.32 bits per heavy atom. The summed E-state index contributed by atoms with van der Waals surface area (Å²) in [5.41, 5.74) is 0. The zero-order chi connectivity index (χ0) is 19.6. The summed E-state index contributed by atoms with van der Waals surface area (Å²) in [5.74, 6) is 3.30. The van der Waals surface area contributed by atoms with Gasteiger partial charge in [0, 0.05) is 33.4 Å². The Balaban J connectivity index is 1.42. The summed E-state index contributed by atoms with van der Waals surface area (Å²) in [6.07, 6.45) is 4.98. The van der Waals surface area contributed by atoms with Crippen LogP contribution in [0.25, 0.3) is 0 Å². The lowest BCUT2D eigenvalue weighted by Gasteiger charge is -2.15. The van der Waals surface area contributed by atoms with E-state index >= 15 is 0 Å². The molecule has 0 bridgehead atoms. The predicted octanol–water partition coefficient (Wildman–Crippen LogP) is 1.54. The highest BCUT2D eigenvalue weighted by atomic mass is 16.5. The highest BCUT2D eigenvalue weighted by Crippen LogP contribution is 2.10. The highest BCUT2D eigenvalue weighted by molar-refractivity contribution is 5.79. The van der Waals surface area contributed by atoms with E-state index in [4.69, 9.17) is 13.9 Å². The summed E-state index contributed by atoms with van der Waals surface area (Å²) in [7, 11) is 1.95. The zero-order valence-electron chi connectivity index (χ0n) is 16.7. The fraction of sp³-hybridized carbons (Fsp3) is 0.632. The van der Waals surface area contributed by atoms with Crippen LogP contribution in [-0.4, -0.2) is 53.1 Å². The molecule has 1 atom stereocenters. The zero-order valence-corrected chi connectivity index (χ0v) is 16.7. The van der Waals surface area contributed by atoms with Gasteiger partial charge in [-0.2, -0.15) is 0 Å². The average molecular weight is 390 g/mol. The Kier molecular flexibility index (Phi) is 7.86. The van der Waals surface area contributed by atoms with Crippen molar-refractivity contribution < 1.29 is 13.9 Å². The van der Waals surface area contributed by atoms with Crippen molar-refractivity contribution in [3.8, 4) is 0 Å². The average Bonchev–Trinajstić information content (AvgIpc) is 3.45. The maximum Gasteiger partial charge on any atom is 0.191 e. The molecule has 2 aromatic rings. The Morgan fingerprint density at radius 3 is 3.04 bits per heavy atom. The molecular weight excluding hydrogens is 360 g/mol. The van der Waals surface area contributed by atoms with Crippen LogP contribution in [0.15, 0.2) is 27.8 Å². The van der Waals surface area contributed by atoms with Crippen LogP contribution in [0.1, 0.15) is 36.7 Å². The molecule has 3 rings (SSSR count). The summed E-state index contributed by atoms with van der Waals surface area (Å²) < 4.78 is 18.5. The van der Waals surface area contributed by atoms with Crippen molar-refractivity contribution in [3.05, 3.63) is 35.8 Å². The van der Waals surface area contributed by atoms with Crippen molar-refractivity contribution in [1.29, 1.82) is 0 Å². The third kappa shape index (κ3) is 6.35. The van der Waals surface area contributed by atoms with Gasteiger partial charge in [-0.05, 0) is 38.3 Å². The summed E-state index contributed by atoms with van der Waals surface area (Å²) >= 11 is 0. The standard InChI is InChI=1S/C19H30N6O3/c1-15-23-24-18(25(15)2)13-22-19(21-12-16-6-3-10-27-16)20-8-5-9-26-14-17-7-4-11-28-17/h4,7,11,16H,3,5-6,8-10,12-14H2,1-2H3,(H2,20,21,22). The second-order valence-electron chi connectivity index (χ2n) is 6.82. The minimum Gasteiger partial charge on any atom is -0.467 e. The van der Waals surface area contributed by atoms with E-state index < -0.39 is 0 Å². The monoisotopic (exact) mass is 390 g/mol. The van der Waals surface area contributed by atoms with E-state index in [1.165, 1.54) is 0 Å². The Bertz CT molecular complexity index is 722. The van der Waals surface area contributed by atoms with Gasteiger partial charge in [0.25, 0.3) is 0 Å². The number of guanidine groups is 1. The van der Waals surface area contributed by atoms with Crippen LogP contribution in [0.5, 0.6) is 0 Å². The molecule has 1 unspecified atom stereocenters. The number of aryl methyl sites for hydroxylation is 1. The van der Waals surface area contributed by atoms with E-state index in [1.807, 2.05) is 30.7 Å². The van der Waals surface area contributed by atoms with Crippen LogP contribution < -0.4 is 10.6 Å². The van der Waals surface area contributed by atoms with Gasteiger partial charge in [-0.25, -0.2) is 4.99 Å². The molecule has 3 heterocycles. The molecule has 9 heteroatoms. The van der Waals surface area contributed by atoms with Crippen LogP contribution >= 0.6 is 0 Å². The second-order valence-corrected chi connectivity index (χ2v) is 6.82. The summed E-state index contributed by atoms with van der Waals surface area (Å²) in [6, 6.07) is 3.77. The van der Waals surface area contributed by atoms with E-state index in [1.54, 1.807) is 6.26 Å². The molecule has 0 saturated carbocycles. The van der Waals surface area contributed by atoms with Crippen molar-refractivity contribution in [3.63, 3.8) is 0 Å². The first-order chi connectivity index (χ1) is 13.7. The third-order valence-electron chi connectivity index (χ3n) is 4.66. The molecule has 0 aromatic carbocycles. The molecule has 0 spiro atoms. The lowest BCUT2D eigenvalue weighted by Crippen LogP contribution is -2.41. The fourth-order valence-corrected chi connectivity index (χ4v) is 2.88. The van der Waals surface area contributed by atoms with E-state index in [9.17, 15) is 0 Å². The second kappa shape index (κ2) is 10.8. The van der Waals surface area contributed by atoms with Gasteiger partial charge in [-0.1, -0.05) is 0 Å². The molecule has 0 radical (unpaired) electrons. The van der Waals surface area contributed by atoms with Gasteiger partial charge in [0.05, 0.1) is 12.4 Å². The van der Waals surface area contributed by atoms with E-state index in [-0.39, 0.29) is 6.10 Å². The minimum absolute atomic E-state index is 0.251. The van der Waals surface area contributed by atoms with E-state index in [0.717, 1.165) is 62.3 Å². The normalized spacial score (nSPS) is 17.2. The van der Waals surface area contributed by atoms with E-state index in [0.29, 0.717) is 19.8 Å². The summed E-state index contributed by atoms with van der Waals surface area (Å²) in [4.78, 5) is 4.65. The summed E-state index contributed by atoms with van der Waals surface area (Å²) in [6.45, 7) is 5.89. The van der Waals surface area contributed by atoms with Gasteiger partial charge in [-0.3, -0.25) is 0 Å². The molecule has 154 valence electrons. The molecule has 2 N–H and O–H groups in total. The summed E-state index contributed by atoms with van der Waals surface area (Å²) in [5, 5.41) is 15.0. The molecule has 1 aliphatic heterocycles. The number of aliphatic imine (C=N–C) groups is 1. The Hall–Kier alpha value is -2.39. The number of hydrogen-bond acceptors (Lipinski definition) is 6. The molecule has 9 nitrogen and oxygen atoms in total. The molecule has 0 amide bonds. The number of nitrogens with zero attached hydrogens (tertiary/aromatic N) is 4. The molecular formula is C19H30N6O3. The van der Waals surface area contributed by atoms with Crippen LogP contribution in [0.4, 0.5) is 0 Å². The minimum atomic E-state index is 0.251. The molecule has 1 fully saturated rings. The Labute approximate surface area is 165 Å². The van der Waals surface area contributed by atoms with Crippen molar-refractivity contribution in [2.45, 2.75) is 45.4 Å². The first kappa shape index (κ1) is 20.3. The first-order valence-electron chi connectivity index (χ1n) is 9.81. The van der Waals surface area contributed by atoms with Crippen molar-refractivity contribution in [2.75, 3.05) is 26.3 Å². The first-order valence-corrected chi connectivity index (χ1v) is 9.81. The SMILES string of the molecule is Cc1nnc(CN=C(NCCCOCc2ccco2)NCC2CCCO2)n1C. The van der Waals surface area contributed by atoms with Crippen molar-refractivity contribution in [2.24, 2.45) is 12.0 Å². The van der Waals surface area contributed by atoms with E-state index in [2.05, 4.69) is 25.8 Å². The predicted molar refractivity (Wildman–Crippen MR) is 105 cm³/mol. The number of aromatic nitrogens is 3. The Morgan fingerprint density at radius 1 is 1.39 bits per heavy atom. The van der Waals surface area contributed by atoms with Gasteiger partial charge in [0.1, 0.15) is 24.7 Å². The van der Waals surface area contributed by atoms with Gasteiger partial charge in [-0.15, -0.1) is 10.2 Å². The van der Waals surface area contributed by atoms with Crippen LogP contribution in [0, 0.1) is 6.92 Å². The van der Waals surface area contributed by atoms with Gasteiger partial charge in [0.2, 0.25) is 0 Å². The number of ether oxygens (including phenoxy) is 2. The number of furan rings is 1. The number of rotatable bonds is 10. The van der Waals surface area contributed by atoms with Crippen molar-refractivity contribution >= 4 is 5.96 Å². The van der Waals surface area contributed by atoms with Crippen LogP contribution in [-0.2, 0) is 29.7 Å². The highest BCUT2D eigenvalue weighted by Gasteiger charge is 2.15. The topological polar surface area (TPSA) is 98.7 Å². The molecule has 2 aromatic heterocycles. The van der Waals surface area contributed by atoms with Crippen LogP contribution in [0.2, 0.25) is 0 Å². The third-order valence-corrected chi connectivity index (χ3v) is 4.66. The van der Waals surface area contributed by atoms with Crippen molar-refractivity contribution in [1.82, 2.24) is 25.4 Å². The molecule has 1 aliphatic rings. The molecule has 28 heavy (non-hydrogen) atoms. The van der Waals surface area contributed by atoms with Gasteiger partial charge >= 0.3 is 0 Å². The molecule has 1 saturated heterocycles. The fourth-order valence-electron chi connectivity index (χ4n) is 2.88. The quantitative estimate of drug-likeness (QED) is 0.361. The number of nitrogens with one attached hydrogen (secondary N) is 2. The maximum absolute atomic E-state index is 5.68.